The fraction of sp³-hybridized carbons (Fsp3) is 0.0909. The smallest absolute Gasteiger partial charge is 0.338 e. The van der Waals surface area contributed by atoms with E-state index in [1.54, 1.807) is 31.2 Å². The maximum atomic E-state index is 12.1. The Labute approximate surface area is 172 Å². The summed E-state index contributed by atoms with van der Waals surface area (Å²) in [5.74, 6) is 0.0244. The van der Waals surface area contributed by atoms with Crippen molar-refractivity contribution in [2.45, 2.75) is 6.92 Å². The van der Waals surface area contributed by atoms with E-state index in [-0.39, 0.29) is 11.3 Å². The van der Waals surface area contributed by atoms with E-state index in [9.17, 15) is 19.7 Å². The molecule has 0 radical (unpaired) electrons. The number of nitrogens with one attached hydrogen (secondary N) is 1. The predicted octanol–water partition coefficient (Wildman–Crippen LogP) is 4.49. The van der Waals surface area contributed by atoms with Crippen molar-refractivity contribution >= 4 is 23.3 Å². The highest BCUT2D eigenvalue weighted by Crippen LogP contribution is 2.22. The summed E-state index contributed by atoms with van der Waals surface area (Å²) >= 11 is 0. The molecule has 8 nitrogen and oxygen atoms in total. The lowest BCUT2D eigenvalue weighted by molar-refractivity contribution is -0.384. The first kappa shape index (κ1) is 20.5. The molecule has 3 aromatic rings. The largest absolute Gasteiger partial charge is 0.457 e. The number of hydrogen-bond acceptors (Lipinski definition) is 6. The number of esters is 1. The van der Waals surface area contributed by atoms with Crippen LogP contribution in [0.1, 0.15) is 15.9 Å². The lowest BCUT2D eigenvalue weighted by atomic mass is 10.2. The first-order chi connectivity index (χ1) is 14.4. The summed E-state index contributed by atoms with van der Waals surface area (Å²) in [6.07, 6.45) is 0. The Hall–Kier alpha value is -4.20. The number of carbonyl (C=O) groups is 2. The average Bonchev–Trinajstić information content (AvgIpc) is 2.74. The Kier molecular flexibility index (Phi) is 6.39. The molecule has 0 aliphatic heterocycles. The lowest BCUT2D eigenvalue weighted by Crippen LogP contribution is -2.21. The van der Waals surface area contributed by atoms with E-state index in [0.717, 1.165) is 0 Å². The van der Waals surface area contributed by atoms with Crippen LogP contribution in [0.2, 0.25) is 0 Å². The summed E-state index contributed by atoms with van der Waals surface area (Å²) in [7, 11) is 0. The first-order valence-electron chi connectivity index (χ1n) is 8.97. The second kappa shape index (κ2) is 9.33. The van der Waals surface area contributed by atoms with E-state index in [1.165, 1.54) is 18.2 Å². The standard InChI is InChI=1S/C22H18N2O6/c1-15-13-17(24(27)28)9-12-20(15)23-21(25)14-29-22(26)16-7-10-19(11-8-16)30-18-5-3-2-4-6-18/h2-13H,14H2,1H3,(H,23,25). The number of para-hydroxylation sites is 1. The third-order valence-electron chi connectivity index (χ3n) is 4.10. The minimum absolute atomic E-state index is 0.0726. The SMILES string of the molecule is Cc1cc([N+](=O)[O-])ccc1NC(=O)COC(=O)c1ccc(Oc2ccccc2)cc1. The third-order valence-corrected chi connectivity index (χ3v) is 4.10. The van der Waals surface area contributed by atoms with E-state index in [4.69, 9.17) is 9.47 Å². The van der Waals surface area contributed by atoms with Crippen molar-refractivity contribution in [1.29, 1.82) is 0 Å². The number of anilines is 1. The molecule has 0 aliphatic rings. The van der Waals surface area contributed by atoms with Crippen molar-refractivity contribution in [2.75, 3.05) is 11.9 Å². The third kappa shape index (κ3) is 5.41. The first-order valence-corrected chi connectivity index (χ1v) is 8.97. The second-order valence-corrected chi connectivity index (χ2v) is 6.32. The second-order valence-electron chi connectivity index (χ2n) is 6.32. The Bertz CT molecular complexity index is 1060. The highest BCUT2D eigenvalue weighted by Gasteiger charge is 2.13. The number of aryl methyl sites for hydroxylation is 1. The van der Waals surface area contributed by atoms with Crippen molar-refractivity contribution in [2.24, 2.45) is 0 Å². The van der Waals surface area contributed by atoms with Gasteiger partial charge in [0.2, 0.25) is 0 Å². The van der Waals surface area contributed by atoms with Crippen molar-refractivity contribution in [3.8, 4) is 11.5 Å². The molecule has 152 valence electrons. The summed E-state index contributed by atoms with van der Waals surface area (Å²) in [5, 5.41) is 13.3. The van der Waals surface area contributed by atoms with Gasteiger partial charge in [-0.25, -0.2) is 4.79 Å². The molecule has 0 aromatic heterocycles. The van der Waals surface area contributed by atoms with E-state index in [1.807, 2.05) is 30.3 Å². The number of rotatable bonds is 7. The van der Waals surface area contributed by atoms with E-state index in [2.05, 4.69) is 5.32 Å². The van der Waals surface area contributed by atoms with Crippen LogP contribution < -0.4 is 10.1 Å². The minimum Gasteiger partial charge on any atom is -0.457 e. The van der Waals surface area contributed by atoms with Crippen LogP contribution in [0.4, 0.5) is 11.4 Å². The summed E-state index contributed by atoms with van der Waals surface area (Å²) in [5.41, 5.74) is 1.13. The molecule has 1 N–H and O–H groups in total. The highest BCUT2D eigenvalue weighted by atomic mass is 16.6. The molecule has 0 fully saturated rings. The van der Waals surface area contributed by atoms with Crippen molar-refractivity contribution < 1.29 is 24.0 Å². The molecule has 1 amide bonds. The molecule has 3 rings (SSSR count). The van der Waals surface area contributed by atoms with Crippen LogP contribution in [0.3, 0.4) is 0 Å². The van der Waals surface area contributed by atoms with Gasteiger partial charge in [-0.1, -0.05) is 18.2 Å². The van der Waals surface area contributed by atoms with E-state index < -0.39 is 23.4 Å². The molecule has 3 aromatic carbocycles. The molecule has 0 spiro atoms. The maximum Gasteiger partial charge on any atom is 0.338 e. The normalized spacial score (nSPS) is 10.2. The fourth-order valence-electron chi connectivity index (χ4n) is 2.59. The zero-order chi connectivity index (χ0) is 21.5. The number of non-ortho nitro benzene ring substituents is 1. The van der Waals surface area contributed by atoms with Crippen LogP contribution >= 0.6 is 0 Å². The van der Waals surface area contributed by atoms with Crippen LogP contribution in [0, 0.1) is 17.0 Å². The van der Waals surface area contributed by atoms with Crippen LogP contribution in [0.25, 0.3) is 0 Å². The van der Waals surface area contributed by atoms with Crippen LogP contribution in [0.15, 0.2) is 72.8 Å². The van der Waals surface area contributed by atoms with Gasteiger partial charge in [-0.15, -0.1) is 0 Å². The zero-order valence-electron chi connectivity index (χ0n) is 16.0. The number of benzene rings is 3. The van der Waals surface area contributed by atoms with Crippen LogP contribution in [0.5, 0.6) is 11.5 Å². The molecule has 0 atom stereocenters. The summed E-state index contributed by atoms with van der Waals surface area (Å²) in [6, 6.07) is 19.6. The molecule has 8 heteroatoms. The Balaban J connectivity index is 1.52. The Morgan fingerprint density at radius 2 is 1.63 bits per heavy atom. The van der Waals surface area contributed by atoms with Crippen molar-refractivity contribution in [3.63, 3.8) is 0 Å². The summed E-state index contributed by atoms with van der Waals surface area (Å²) < 4.78 is 10.7. The van der Waals surface area contributed by atoms with Crippen LogP contribution in [-0.2, 0) is 9.53 Å². The highest BCUT2D eigenvalue weighted by molar-refractivity contribution is 5.96. The lowest BCUT2D eigenvalue weighted by Gasteiger charge is -2.09. The van der Waals surface area contributed by atoms with E-state index in [0.29, 0.717) is 22.7 Å². The molecular formula is C22H18N2O6. The summed E-state index contributed by atoms with van der Waals surface area (Å²) in [4.78, 5) is 34.4. The number of nitro groups is 1. The number of nitro benzene ring substituents is 1. The Morgan fingerprint density at radius 1 is 0.967 bits per heavy atom. The fourth-order valence-corrected chi connectivity index (χ4v) is 2.59. The Morgan fingerprint density at radius 3 is 2.27 bits per heavy atom. The molecule has 0 heterocycles. The predicted molar refractivity (Wildman–Crippen MR) is 110 cm³/mol. The quantitative estimate of drug-likeness (QED) is 0.352. The van der Waals surface area contributed by atoms with Crippen LogP contribution in [-0.4, -0.2) is 23.4 Å². The van der Waals surface area contributed by atoms with Gasteiger partial charge in [0.05, 0.1) is 10.5 Å². The number of carbonyl (C=O) groups excluding carboxylic acids is 2. The molecule has 0 aliphatic carbocycles. The number of amides is 1. The maximum absolute atomic E-state index is 12.1. The van der Waals surface area contributed by atoms with Gasteiger partial charge < -0.3 is 14.8 Å². The molecular weight excluding hydrogens is 388 g/mol. The van der Waals surface area contributed by atoms with Gasteiger partial charge in [-0.05, 0) is 55.0 Å². The number of ether oxygens (including phenoxy) is 2. The summed E-state index contributed by atoms with van der Waals surface area (Å²) in [6.45, 7) is 1.14. The minimum atomic E-state index is -0.656. The molecule has 0 saturated carbocycles. The average molecular weight is 406 g/mol. The molecule has 0 bridgehead atoms. The van der Waals surface area contributed by atoms with Gasteiger partial charge >= 0.3 is 5.97 Å². The van der Waals surface area contributed by atoms with Gasteiger partial charge in [0.25, 0.3) is 11.6 Å². The van der Waals surface area contributed by atoms with Gasteiger partial charge in [-0.2, -0.15) is 0 Å². The molecule has 0 saturated heterocycles. The van der Waals surface area contributed by atoms with E-state index >= 15 is 0 Å². The number of nitrogens with zero attached hydrogens (tertiary/aromatic N) is 1. The van der Waals surface area contributed by atoms with Gasteiger partial charge in [-0.3, -0.25) is 14.9 Å². The molecule has 0 unspecified atom stereocenters. The monoisotopic (exact) mass is 406 g/mol. The topological polar surface area (TPSA) is 108 Å². The van der Waals surface area contributed by atoms with Gasteiger partial charge in [0.15, 0.2) is 6.61 Å². The number of hydrogen-bond donors (Lipinski definition) is 1. The van der Waals surface area contributed by atoms with Gasteiger partial charge in [0, 0.05) is 17.8 Å². The van der Waals surface area contributed by atoms with Crippen molar-refractivity contribution in [1.82, 2.24) is 0 Å². The zero-order valence-corrected chi connectivity index (χ0v) is 16.0. The van der Waals surface area contributed by atoms with Crippen molar-refractivity contribution in [3.05, 3.63) is 94.0 Å². The molecule has 30 heavy (non-hydrogen) atoms. The van der Waals surface area contributed by atoms with Gasteiger partial charge in [0.1, 0.15) is 11.5 Å².